The average Bonchev–Trinajstić information content (AvgIpc) is 2.17. The van der Waals surface area contributed by atoms with Gasteiger partial charge in [-0.25, -0.2) is 0 Å². The molecule has 0 aromatic rings. The van der Waals surface area contributed by atoms with E-state index in [-0.39, 0.29) is 18.4 Å². The molecule has 0 saturated carbocycles. The molecule has 0 aliphatic heterocycles. The zero-order valence-electron chi connectivity index (χ0n) is 8.79. The minimum absolute atomic E-state index is 0.131. The number of carbonyl (C=O) groups is 1. The van der Waals surface area contributed by atoms with Crippen molar-refractivity contribution in [3.8, 4) is 6.07 Å². The topological polar surface area (TPSA) is 73.1 Å². The van der Waals surface area contributed by atoms with Crippen molar-refractivity contribution in [2.24, 2.45) is 11.8 Å². The Bertz CT molecular complexity index is 211. The van der Waals surface area contributed by atoms with Gasteiger partial charge in [0, 0.05) is 13.2 Å². The van der Waals surface area contributed by atoms with Crippen LogP contribution in [0.3, 0.4) is 0 Å². The molecule has 0 saturated heterocycles. The molecule has 1 amide bonds. The first-order valence-electron chi connectivity index (χ1n) is 4.93. The number of carbonyl (C=O) groups excluding carboxylic acids is 1. The molecule has 4 heteroatoms. The summed E-state index contributed by atoms with van der Waals surface area (Å²) in [6.07, 6.45) is 1.21. The molecule has 2 atom stereocenters. The van der Waals surface area contributed by atoms with Crippen LogP contribution in [0.25, 0.3) is 0 Å². The van der Waals surface area contributed by atoms with Gasteiger partial charge in [0.05, 0.1) is 6.07 Å². The highest BCUT2D eigenvalue weighted by atomic mass is 16.3. The smallest absolute Gasteiger partial charge is 0.237 e. The Morgan fingerprint density at radius 3 is 2.71 bits per heavy atom. The largest absolute Gasteiger partial charge is 0.396 e. The maximum absolute atomic E-state index is 11.3. The van der Waals surface area contributed by atoms with E-state index in [1.807, 2.05) is 19.9 Å². The highest BCUT2D eigenvalue weighted by Gasteiger charge is 2.15. The van der Waals surface area contributed by atoms with E-state index in [2.05, 4.69) is 5.32 Å². The Kier molecular flexibility index (Phi) is 6.77. The fraction of sp³-hybridized carbons (Fsp3) is 0.800. The first kappa shape index (κ1) is 12.9. The summed E-state index contributed by atoms with van der Waals surface area (Å²) in [6, 6.07) is 1.95. The Balaban J connectivity index is 3.79. The summed E-state index contributed by atoms with van der Waals surface area (Å²) in [6.45, 7) is 4.42. The number of amides is 1. The summed E-state index contributed by atoms with van der Waals surface area (Å²) in [5.41, 5.74) is 0. The third-order valence-corrected chi connectivity index (χ3v) is 2.13. The van der Waals surface area contributed by atoms with E-state index in [0.717, 1.165) is 0 Å². The van der Waals surface area contributed by atoms with Crippen LogP contribution in [0.5, 0.6) is 0 Å². The van der Waals surface area contributed by atoms with Crippen LogP contribution < -0.4 is 5.32 Å². The quantitative estimate of drug-likeness (QED) is 0.659. The number of nitriles is 1. The van der Waals surface area contributed by atoms with E-state index in [9.17, 15) is 4.79 Å². The molecule has 0 bridgehead atoms. The summed E-state index contributed by atoms with van der Waals surface area (Å²) in [7, 11) is 0. The average molecular weight is 198 g/mol. The molecule has 4 nitrogen and oxygen atoms in total. The van der Waals surface area contributed by atoms with Gasteiger partial charge < -0.3 is 10.4 Å². The molecule has 0 aliphatic carbocycles. The Labute approximate surface area is 84.9 Å². The number of nitrogens with zero attached hydrogens (tertiary/aromatic N) is 1. The standard InChI is InChI=1S/C10H18N2O2/c1-3-9(6-11)10(14)12-7-8(2)4-5-13/h8-9,13H,3-5,7H2,1-2H3,(H,12,14). The molecule has 0 aliphatic rings. The van der Waals surface area contributed by atoms with Crippen molar-refractivity contribution < 1.29 is 9.90 Å². The molecule has 0 fully saturated rings. The van der Waals surface area contributed by atoms with Crippen LogP contribution in [0.2, 0.25) is 0 Å². The van der Waals surface area contributed by atoms with E-state index in [0.29, 0.717) is 19.4 Å². The maximum atomic E-state index is 11.3. The van der Waals surface area contributed by atoms with Crippen molar-refractivity contribution >= 4 is 5.91 Å². The number of rotatable bonds is 6. The highest BCUT2D eigenvalue weighted by molar-refractivity contribution is 5.80. The zero-order chi connectivity index (χ0) is 11.0. The second-order valence-corrected chi connectivity index (χ2v) is 3.45. The lowest BCUT2D eigenvalue weighted by atomic mass is 10.1. The van der Waals surface area contributed by atoms with E-state index in [4.69, 9.17) is 10.4 Å². The summed E-state index contributed by atoms with van der Waals surface area (Å²) in [5, 5.41) is 19.9. The van der Waals surface area contributed by atoms with Gasteiger partial charge in [0.1, 0.15) is 5.92 Å². The van der Waals surface area contributed by atoms with Gasteiger partial charge in [0.25, 0.3) is 0 Å². The molecule has 0 aromatic carbocycles. The number of nitrogens with one attached hydrogen (secondary N) is 1. The molecule has 0 spiro atoms. The van der Waals surface area contributed by atoms with Crippen molar-refractivity contribution in [3.05, 3.63) is 0 Å². The van der Waals surface area contributed by atoms with Gasteiger partial charge in [0.2, 0.25) is 5.91 Å². The fourth-order valence-corrected chi connectivity index (χ4v) is 1.06. The number of hydrogen-bond donors (Lipinski definition) is 2. The number of aliphatic hydroxyl groups is 1. The van der Waals surface area contributed by atoms with Crippen molar-refractivity contribution in [2.75, 3.05) is 13.2 Å². The molecule has 2 unspecified atom stereocenters. The first-order valence-corrected chi connectivity index (χ1v) is 4.93. The van der Waals surface area contributed by atoms with Crippen LogP contribution in [0.15, 0.2) is 0 Å². The van der Waals surface area contributed by atoms with Gasteiger partial charge in [-0.05, 0) is 18.8 Å². The summed E-state index contributed by atoms with van der Waals surface area (Å²) >= 11 is 0. The van der Waals surface area contributed by atoms with Crippen LogP contribution in [0.4, 0.5) is 0 Å². The van der Waals surface area contributed by atoms with E-state index < -0.39 is 5.92 Å². The molecule has 80 valence electrons. The predicted molar refractivity (Wildman–Crippen MR) is 53.3 cm³/mol. The lowest BCUT2D eigenvalue weighted by Gasteiger charge is -2.12. The van der Waals surface area contributed by atoms with Crippen LogP contribution in [-0.2, 0) is 4.79 Å². The SMILES string of the molecule is CCC(C#N)C(=O)NCC(C)CCO. The van der Waals surface area contributed by atoms with Gasteiger partial charge in [-0.3, -0.25) is 4.79 Å². The molecule has 0 radical (unpaired) electrons. The third kappa shape index (κ3) is 4.83. The second kappa shape index (κ2) is 7.34. The van der Waals surface area contributed by atoms with E-state index in [1.165, 1.54) is 0 Å². The van der Waals surface area contributed by atoms with Crippen LogP contribution in [-0.4, -0.2) is 24.2 Å². The summed E-state index contributed by atoms with van der Waals surface area (Å²) < 4.78 is 0. The van der Waals surface area contributed by atoms with Crippen LogP contribution in [0, 0.1) is 23.2 Å². The minimum Gasteiger partial charge on any atom is -0.396 e. The zero-order valence-corrected chi connectivity index (χ0v) is 8.79. The minimum atomic E-state index is -0.545. The van der Waals surface area contributed by atoms with E-state index >= 15 is 0 Å². The normalized spacial score (nSPS) is 14.1. The van der Waals surface area contributed by atoms with Crippen molar-refractivity contribution in [3.63, 3.8) is 0 Å². The molecular formula is C10H18N2O2. The van der Waals surface area contributed by atoms with Crippen molar-refractivity contribution in [2.45, 2.75) is 26.7 Å². The van der Waals surface area contributed by atoms with E-state index in [1.54, 1.807) is 0 Å². The van der Waals surface area contributed by atoms with Crippen molar-refractivity contribution in [1.29, 1.82) is 5.26 Å². The first-order chi connectivity index (χ1) is 6.65. The van der Waals surface area contributed by atoms with Gasteiger partial charge in [-0.1, -0.05) is 13.8 Å². The Morgan fingerprint density at radius 1 is 1.64 bits per heavy atom. The lowest BCUT2D eigenvalue weighted by Crippen LogP contribution is -2.33. The second-order valence-electron chi connectivity index (χ2n) is 3.45. The van der Waals surface area contributed by atoms with Gasteiger partial charge in [-0.2, -0.15) is 5.26 Å². The maximum Gasteiger partial charge on any atom is 0.237 e. The van der Waals surface area contributed by atoms with Gasteiger partial charge in [0.15, 0.2) is 0 Å². The summed E-state index contributed by atoms with van der Waals surface area (Å²) in [4.78, 5) is 11.3. The fourth-order valence-electron chi connectivity index (χ4n) is 1.06. The molecular weight excluding hydrogens is 180 g/mol. The highest BCUT2D eigenvalue weighted by Crippen LogP contribution is 2.02. The Hall–Kier alpha value is -1.08. The molecule has 14 heavy (non-hydrogen) atoms. The Morgan fingerprint density at radius 2 is 2.29 bits per heavy atom. The lowest BCUT2D eigenvalue weighted by molar-refractivity contribution is -0.123. The monoisotopic (exact) mass is 198 g/mol. The van der Waals surface area contributed by atoms with Crippen LogP contribution >= 0.6 is 0 Å². The molecule has 2 N–H and O–H groups in total. The molecule has 0 aromatic heterocycles. The number of hydrogen-bond acceptors (Lipinski definition) is 3. The predicted octanol–water partition coefficient (Wildman–Crippen LogP) is 0.671. The van der Waals surface area contributed by atoms with Gasteiger partial charge >= 0.3 is 0 Å². The van der Waals surface area contributed by atoms with Crippen LogP contribution in [0.1, 0.15) is 26.7 Å². The number of aliphatic hydroxyl groups excluding tert-OH is 1. The van der Waals surface area contributed by atoms with Crippen molar-refractivity contribution in [1.82, 2.24) is 5.32 Å². The molecule has 0 rings (SSSR count). The molecule has 0 heterocycles. The third-order valence-electron chi connectivity index (χ3n) is 2.13. The van der Waals surface area contributed by atoms with Gasteiger partial charge in [-0.15, -0.1) is 0 Å². The summed E-state index contributed by atoms with van der Waals surface area (Å²) in [5.74, 6) is -0.503.